The molecule has 222 valence electrons. The fourth-order valence-corrected chi connectivity index (χ4v) is 4.69. The minimum Gasteiger partial charge on any atom is -0.457 e. The number of anilines is 1. The van der Waals surface area contributed by atoms with Crippen LogP contribution in [0.25, 0.3) is 0 Å². The summed E-state index contributed by atoms with van der Waals surface area (Å²) in [5, 5.41) is 11.5. The van der Waals surface area contributed by atoms with E-state index >= 15 is 0 Å². The second-order valence-corrected chi connectivity index (χ2v) is 9.90. The Bertz CT molecular complexity index is 1540. The molecular formula is C31H25ClF7NO2. The van der Waals surface area contributed by atoms with Crippen LogP contribution in [-0.4, -0.2) is 11.7 Å². The third-order valence-corrected chi connectivity index (χ3v) is 6.95. The van der Waals surface area contributed by atoms with Crippen molar-refractivity contribution < 1.29 is 40.6 Å². The average Bonchev–Trinajstić information content (AvgIpc) is 2.93. The van der Waals surface area contributed by atoms with Gasteiger partial charge in [-0.25, -0.2) is 4.39 Å². The van der Waals surface area contributed by atoms with Crippen molar-refractivity contribution in [3.05, 3.63) is 124 Å². The van der Waals surface area contributed by atoms with Crippen LogP contribution in [0.15, 0.2) is 84.9 Å². The molecule has 11 heteroatoms. The van der Waals surface area contributed by atoms with Crippen molar-refractivity contribution in [1.29, 1.82) is 0 Å². The zero-order valence-electron chi connectivity index (χ0n) is 22.1. The minimum absolute atomic E-state index is 0.157. The Morgan fingerprint density at radius 1 is 0.810 bits per heavy atom. The lowest BCUT2D eigenvalue weighted by molar-refractivity contribution is -0.139. The van der Waals surface area contributed by atoms with Crippen LogP contribution >= 0.6 is 11.6 Å². The number of benzene rings is 4. The molecule has 0 aliphatic rings. The third kappa shape index (κ3) is 7.54. The summed E-state index contributed by atoms with van der Waals surface area (Å²) < 4.78 is 101. The summed E-state index contributed by atoms with van der Waals surface area (Å²) in [4.78, 5) is 1.37. The van der Waals surface area contributed by atoms with E-state index in [1.54, 1.807) is 36.4 Å². The Morgan fingerprint density at radius 2 is 1.52 bits per heavy atom. The molecule has 0 aliphatic carbocycles. The van der Waals surface area contributed by atoms with Crippen molar-refractivity contribution in [2.24, 2.45) is 0 Å². The molecule has 4 rings (SSSR count). The number of hydrogen-bond acceptors (Lipinski definition) is 3. The molecule has 4 aromatic rings. The molecule has 0 aliphatic heterocycles. The molecule has 0 bridgehead atoms. The van der Waals surface area contributed by atoms with Gasteiger partial charge in [-0.1, -0.05) is 48.9 Å². The van der Waals surface area contributed by atoms with Crippen LogP contribution in [0.4, 0.5) is 36.4 Å². The molecule has 0 radical (unpaired) electrons. The number of ether oxygens (including phenoxy) is 1. The number of rotatable bonds is 9. The molecule has 1 N–H and O–H groups in total. The molecule has 4 aromatic carbocycles. The van der Waals surface area contributed by atoms with Gasteiger partial charge in [-0.3, -0.25) is 0 Å². The van der Waals surface area contributed by atoms with Crippen LogP contribution in [-0.2, 0) is 25.3 Å². The van der Waals surface area contributed by atoms with Crippen LogP contribution in [0, 0.1) is 5.82 Å². The molecule has 1 unspecified atom stereocenters. The van der Waals surface area contributed by atoms with Gasteiger partial charge >= 0.3 is 12.4 Å². The van der Waals surface area contributed by atoms with E-state index in [9.17, 15) is 35.8 Å². The molecule has 0 spiro atoms. The van der Waals surface area contributed by atoms with Gasteiger partial charge in [0.1, 0.15) is 17.3 Å². The summed E-state index contributed by atoms with van der Waals surface area (Å²) in [7, 11) is 0. The molecule has 42 heavy (non-hydrogen) atoms. The first kappa shape index (κ1) is 31.2. The fourth-order valence-electron chi connectivity index (χ4n) is 4.44. The van der Waals surface area contributed by atoms with E-state index in [1.165, 1.54) is 23.1 Å². The number of alkyl halides is 6. The average molecular weight is 612 g/mol. The highest BCUT2D eigenvalue weighted by atomic mass is 35.5. The first-order valence-corrected chi connectivity index (χ1v) is 13.1. The maximum Gasteiger partial charge on any atom is 0.416 e. The molecule has 0 heterocycles. The Kier molecular flexibility index (Phi) is 9.37. The Balaban J connectivity index is 1.70. The second-order valence-electron chi connectivity index (χ2n) is 9.49. The highest BCUT2D eigenvalue weighted by molar-refractivity contribution is 6.31. The van der Waals surface area contributed by atoms with E-state index in [-0.39, 0.29) is 12.1 Å². The maximum atomic E-state index is 14.8. The minimum atomic E-state index is -4.76. The predicted octanol–water partition coefficient (Wildman–Crippen LogP) is 9.61. The predicted molar refractivity (Wildman–Crippen MR) is 146 cm³/mol. The first-order valence-electron chi connectivity index (χ1n) is 12.8. The van der Waals surface area contributed by atoms with Gasteiger partial charge in [-0.2, -0.15) is 26.3 Å². The lowest BCUT2D eigenvalue weighted by Crippen LogP contribution is -2.29. The summed E-state index contributed by atoms with van der Waals surface area (Å²) in [6, 6.07) is 17.9. The molecule has 3 nitrogen and oxygen atoms in total. The van der Waals surface area contributed by atoms with Gasteiger partial charge in [-0.15, -0.1) is 0 Å². The molecule has 0 saturated carbocycles. The van der Waals surface area contributed by atoms with Gasteiger partial charge in [0.2, 0.25) is 0 Å². The zero-order valence-corrected chi connectivity index (χ0v) is 22.9. The largest absolute Gasteiger partial charge is 0.457 e. The van der Waals surface area contributed by atoms with E-state index in [2.05, 4.69) is 0 Å². The lowest BCUT2D eigenvalue weighted by Gasteiger charge is -2.29. The topological polar surface area (TPSA) is 32.7 Å². The highest BCUT2D eigenvalue weighted by Gasteiger charge is 2.35. The van der Waals surface area contributed by atoms with Gasteiger partial charge in [0, 0.05) is 35.4 Å². The van der Waals surface area contributed by atoms with Crippen molar-refractivity contribution in [2.75, 3.05) is 11.4 Å². The van der Waals surface area contributed by atoms with E-state index in [4.69, 9.17) is 16.3 Å². The highest BCUT2D eigenvalue weighted by Crippen LogP contribution is 2.37. The normalized spacial score (nSPS) is 12.7. The van der Waals surface area contributed by atoms with Crippen molar-refractivity contribution in [3.8, 4) is 11.5 Å². The van der Waals surface area contributed by atoms with E-state index < -0.39 is 47.5 Å². The van der Waals surface area contributed by atoms with Crippen molar-refractivity contribution in [1.82, 2.24) is 0 Å². The third-order valence-electron chi connectivity index (χ3n) is 6.58. The Morgan fingerprint density at radius 3 is 2.19 bits per heavy atom. The Labute approximate surface area is 242 Å². The lowest BCUT2D eigenvalue weighted by atomic mass is 10.0. The molecule has 0 saturated heterocycles. The van der Waals surface area contributed by atoms with Gasteiger partial charge in [0.25, 0.3) is 0 Å². The summed E-state index contributed by atoms with van der Waals surface area (Å²) in [6.45, 7) is 1.11. The summed E-state index contributed by atoms with van der Waals surface area (Å²) in [5.41, 5.74) is -1.61. The molecule has 1 atom stereocenters. The van der Waals surface area contributed by atoms with Crippen LogP contribution < -0.4 is 9.64 Å². The van der Waals surface area contributed by atoms with Crippen LogP contribution in [0.2, 0.25) is 5.02 Å². The van der Waals surface area contributed by atoms with Crippen LogP contribution in [0.1, 0.15) is 40.8 Å². The second kappa shape index (κ2) is 12.6. The van der Waals surface area contributed by atoms with Gasteiger partial charge in [0.05, 0.1) is 17.2 Å². The standard InChI is InChI=1S/C31H25ClF7NO2/c1-2-19-14-24(12-13-27(19)32)42-23-7-5-6-22(16-23)40(17-20-10-11-21(15-28(20)33)30(34,35)36)18-29(41)25-8-3-4-9-26(25)31(37,38)39/h3-16,29,41H,2,17-18H2,1H3. The van der Waals surface area contributed by atoms with E-state index in [1.807, 2.05) is 6.92 Å². The van der Waals surface area contributed by atoms with Gasteiger partial charge in [0.15, 0.2) is 0 Å². The number of aliphatic hydroxyl groups excluding tert-OH is 1. The summed E-state index contributed by atoms with van der Waals surface area (Å²) >= 11 is 6.18. The number of aryl methyl sites for hydroxylation is 1. The Hall–Kier alpha value is -3.76. The first-order chi connectivity index (χ1) is 19.8. The summed E-state index contributed by atoms with van der Waals surface area (Å²) in [5.74, 6) is -0.367. The van der Waals surface area contributed by atoms with Crippen molar-refractivity contribution in [3.63, 3.8) is 0 Å². The fraction of sp³-hybridized carbons (Fsp3) is 0.226. The zero-order chi connectivity index (χ0) is 30.7. The molecule has 0 fully saturated rings. The quantitative estimate of drug-likeness (QED) is 0.191. The molecular weight excluding hydrogens is 587 g/mol. The number of halogens is 8. The van der Waals surface area contributed by atoms with Crippen LogP contribution in [0.3, 0.4) is 0 Å². The number of aliphatic hydroxyl groups is 1. The molecule has 0 aromatic heterocycles. The van der Waals surface area contributed by atoms with Gasteiger partial charge in [-0.05, 0) is 66.1 Å². The van der Waals surface area contributed by atoms with Crippen molar-refractivity contribution >= 4 is 17.3 Å². The van der Waals surface area contributed by atoms with Crippen molar-refractivity contribution in [2.45, 2.75) is 38.3 Å². The smallest absolute Gasteiger partial charge is 0.416 e. The molecule has 0 amide bonds. The number of hydrogen-bond donors (Lipinski definition) is 1. The van der Waals surface area contributed by atoms with E-state index in [0.717, 1.165) is 29.8 Å². The van der Waals surface area contributed by atoms with Gasteiger partial charge < -0.3 is 14.7 Å². The maximum absolute atomic E-state index is 14.8. The van der Waals surface area contributed by atoms with E-state index in [0.29, 0.717) is 34.7 Å². The summed E-state index contributed by atoms with van der Waals surface area (Å²) in [6.07, 6.45) is -10.5. The van der Waals surface area contributed by atoms with Crippen LogP contribution in [0.5, 0.6) is 11.5 Å². The SMILES string of the molecule is CCc1cc(Oc2cccc(N(Cc3ccc(C(F)(F)F)cc3F)CC(O)c3ccccc3C(F)(F)F)c2)ccc1Cl. The monoisotopic (exact) mass is 611 g/mol. The number of nitrogens with zero attached hydrogens (tertiary/aromatic N) is 1.